The van der Waals surface area contributed by atoms with Gasteiger partial charge in [-0.05, 0) is 24.6 Å². The maximum Gasteiger partial charge on any atom is 0.416 e. The molecule has 1 aliphatic heterocycles. The summed E-state index contributed by atoms with van der Waals surface area (Å²) in [7, 11) is 0. The van der Waals surface area contributed by atoms with Gasteiger partial charge in [0.2, 0.25) is 11.8 Å². The van der Waals surface area contributed by atoms with Crippen molar-refractivity contribution in [3.05, 3.63) is 54.1 Å². The molecule has 0 bridgehead atoms. The van der Waals surface area contributed by atoms with Crippen LogP contribution in [0.25, 0.3) is 0 Å². The Kier molecular flexibility index (Phi) is 5.71. The summed E-state index contributed by atoms with van der Waals surface area (Å²) in [6.07, 6.45) is 0.717. The molecule has 6 nitrogen and oxygen atoms in total. The Balaban J connectivity index is 1.56. The predicted octanol–water partition coefficient (Wildman–Crippen LogP) is 2.46. The molecule has 2 amide bonds. The van der Waals surface area contributed by atoms with E-state index in [2.05, 4.69) is 10.3 Å². The predicted molar refractivity (Wildman–Crippen MR) is 94.8 cm³/mol. The van der Waals surface area contributed by atoms with Crippen LogP contribution in [-0.2, 0) is 28.9 Å². The number of nitrogens with zero attached hydrogens (tertiary/aromatic N) is 3. The first-order valence-electron chi connectivity index (χ1n) is 8.92. The largest absolute Gasteiger partial charge is 0.416 e. The first kappa shape index (κ1) is 19.9. The molecule has 2 heterocycles. The van der Waals surface area contributed by atoms with Gasteiger partial charge in [-0.1, -0.05) is 12.1 Å². The van der Waals surface area contributed by atoms with Crippen molar-refractivity contribution in [3.8, 4) is 0 Å². The fraction of sp³-hybridized carbons (Fsp3) is 0.421. The van der Waals surface area contributed by atoms with Gasteiger partial charge in [-0.25, -0.2) is 4.98 Å². The number of aromatic nitrogens is 2. The third-order valence-corrected chi connectivity index (χ3v) is 4.65. The number of carbonyl (C=O) groups is 2. The van der Waals surface area contributed by atoms with Crippen LogP contribution >= 0.6 is 0 Å². The SMILES string of the molecule is C[C@H](Cn1ccnc1)NC(=O)[C@@H]1CC(=O)N(Cc2cccc(C(F)(F)F)c2)C1. The van der Waals surface area contributed by atoms with E-state index >= 15 is 0 Å². The second-order valence-corrected chi connectivity index (χ2v) is 7.04. The van der Waals surface area contributed by atoms with Crippen LogP contribution < -0.4 is 5.32 Å². The number of hydrogen-bond donors (Lipinski definition) is 1. The minimum absolute atomic E-state index is 0.0527. The monoisotopic (exact) mass is 394 g/mol. The molecule has 1 aliphatic rings. The molecule has 0 spiro atoms. The Morgan fingerprint density at radius 1 is 1.39 bits per heavy atom. The van der Waals surface area contributed by atoms with Gasteiger partial charge in [0.25, 0.3) is 0 Å². The zero-order chi connectivity index (χ0) is 20.3. The standard InChI is InChI=1S/C19H21F3N4O2/c1-13(9-25-6-5-23-12-25)24-18(28)15-8-17(27)26(11-15)10-14-3-2-4-16(7-14)19(20,21)22/h2-7,12-13,15H,8-11H2,1H3,(H,24,28)/t13-,15-/m1/s1. The average Bonchev–Trinajstić information content (AvgIpc) is 3.24. The molecule has 0 unspecified atom stereocenters. The van der Waals surface area contributed by atoms with Crippen LogP contribution in [-0.4, -0.2) is 38.9 Å². The third-order valence-electron chi connectivity index (χ3n) is 4.65. The summed E-state index contributed by atoms with van der Waals surface area (Å²) < 4.78 is 40.4. The number of halogens is 3. The van der Waals surface area contributed by atoms with E-state index in [4.69, 9.17) is 0 Å². The highest BCUT2D eigenvalue weighted by molar-refractivity contribution is 5.89. The van der Waals surface area contributed by atoms with Gasteiger partial charge >= 0.3 is 6.18 Å². The lowest BCUT2D eigenvalue weighted by molar-refractivity contribution is -0.137. The van der Waals surface area contributed by atoms with Gasteiger partial charge in [0.1, 0.15) is 0 Å². The van der Waals surface area contributed by atoms with E-state index < -0.39 is 17.7 Å². The van der Waals surface area contributed by atoms with Crippen LogP contribution in [0.4, 0.5) is 13.2 Å². The van der Waals surface area contributed by atoms with Gasteiger partial charge < -0.3 is 14.8 Å². The van der Waals surface area contributed by atoms with Crippen LogP contribution in [0.2, 0.25) is 0 Å². The number of likely N-dealkylation sites (tertiary alicyclic amines) is 1. The summed E-state index contributed by atoms with van der Waals surface area (Å²) in [6, 6.07) is 4.75. The first-order chi connectivity index (χ1) is 13.2. The molecule has 1 fully saturated rings. The number of nitrogens with one attached hydrogen (secondary N) is 1. The first-order valence-corrected chi connectivity index (χ1v) is 8.92. The van der Waals surface area contributed by atoms with Crippen molar-refractivity contribution in [3.63, 3.8) is 0 Å². The zero-order valence-electron chi connectivity index (χ0n) is 15.3. The fourth-order valence-electron chi connectivity index (χ4n) is 3.28. The summed E-state index contributed by atoms with van der Waals surface area (Å²) in [5.41, 5.74) is -0.364. The number of rotatable bonds is 6. The van der Waals surface area contributed by atoms with E-state index in [1.54, 1.807) is 24.8 Å². The van der Waals surface area contributed by atoms with Crippen molar-refractivity contribution < 1.29 is 22.8 Å². The van der Waals surface area contributed by atoms with E-state index in [-0.39, 0.29) is 37.4 Å². The molecule has 2 aromatic rings. The number of imidazole rings is 1. The van der Waals surface area contributed by atoms with Crippen molar-refractivity contribution >= 4 is 11.8 Å². The Morgan fingerprint density at radius 2 is 2.18 bits per heavy atom. The fourth-order valence-corrected chi connectivity index (χ4v) is 3.28. The topological polar surface area (TPSA) is 67.2 Å². The van der Waals surface area contributed by atoms with Crippen molar-refractivity contribution in [2.45, 2.75) is 38.7 Å². The summed E-state index contributed by atoms with van der Waals surface area (Å²) in [6.45, 7) is 2.66. The minimum atomic E-state index is -4.43. The van der Waals surface area contributed by atoms with Gasteiger partial charge in [-0.15, -0.1) is 0 Å². The Labute approximate surface area is 160 Å². The summed E-state index contributed by atoms with van der Waals surface area (Å²) >= 11 is 0. The van der Waals surface area contributed by atoms with Crippen molar-refractivity contribution in [1.29, 1.82) is 0 Å². The minimum Gasteiger partial charge on any atom is -0.352 e. The lowest BCUT2D eigenvalue weighted by Gasteiger charge is -2.19. The number of hydrogen-bond acceptors (Lipinski definition) is 3. The Bertz CT molecular complexity index is 836. The van der Waals surface area contributed by atoms with Crippen molar-refractivity contribution in [2.75, 3.05) is 6.54 Å². The second-order valence-electron chi connectivity index (χ2n) is 7.04. The molecular weight excluding hydrogens is 373 g/mol. The molecule has 0 aliphatic carbocycles. The van der Waals surface area contributed by atoms with E-state index in [1.165, 1.54) is 11.0 Å². The molecule has 1 saturated heterocycles. The molecule has 1 N–H and O–H groups in total. The molecule has 1 aromatic heterocycles. The smallest absolute Gasteiger partial charge is 0.352 e. The number of amides is 2. The Morgan fingerprint density at radius 3 is 2.86 bits per heavy atom. The molecule has 0 radical (unpaired) electrons. The van der Waals surface area contributed by atoms with Gasteiger partial charge in [0, 0.05) is 44.5 Å². The lowest BCUT2D eigenvalue weighted by atomic mass is 10.1. The van der Waals surface area contributed by atoms with Gasteiger partial charge in [0.05, 0.1) is 17.8 Å². The van der Waals surface area contributed by atoms with Crippen LogP contribution in [0.3, 0.4) is 0 Å². The maximum absolute atomic E-state index is 12.8. The average molecular weight is 394 g/mol. The van der Waals surface area contributed by atoms with Crippen LogP contribution in [0.15, 0.2) is 43.0 Å². The molecule has 28 heavy (non-hydrogen) atoms. The molecule has 9 heteroatoms. The second kappa shape index (κ2) is 8.04. The van der Waals surface area contributed by atoms with E-state index in [9.17, 15) is 22.8 Å². The van der Waals surface area contributed by atoms with E-state index in [0.717, 1.165) is 12.1 Å². The normalized spacial score (nSPS) is 18.4. The summed E-state index contributed by atoms with van der Waals surface area (Å²) in [4.78, 5) is 30.1. The van der Waals surface area contributed by atoms with E-state index in [1.807, 2.05) is 11.5 Å². The van der Waals surface area contributed by atoms with Crippen LogP contribution in [0.5, 0.6) is 0 Å². The lowest BCUT2D eigenvalue weighted by Crippen LogP contribution is -2.40. The highest BCUT2D eigenvalue weighted by atomic mass is 19.4. The maximum atomic E-state index is 12.8. The van der Waals surface area contributed by atoms with Gasteiger partial charge in [-0.2, -0.15) is 13.2 Å². The molecular formula is C19H21F3N4O2. The molecule has 3 rings (SSSR count). The van der Waals surface area contributed by atoms with Gasteiger partial charge in [0.15, 0.2) is 0 Å². The molecule has 0 saturated carbocycles. The highest BCUT2D eigenvalue weighted by Crippen LogP contribution is 2.30. The quantitative estimate of drug-likeness (QED) is 0.819. The zero-order valence-corrected chi connectivity index (χ0v) is 15.3. The van der Waals surface area contributed by atoms with E-state index in [0.29, 0.717) is 12.1 Å². The van der Waals surface area contributed by atoms with Crippen molar-refractivity contribution in [1.82, 2.24) is 19.8 Å². The number of benzene rings is 1. The number of alkyl halides is 3. The van der Waals surface area contributed by atoms with Gasteiger partial charge in [-0.3, -0.25) is 9.59 Å². The molecule has 150 valence electrons. The summed E-state index contributed by atoms with van der Waals surface area (Å²) in [5, 5.41) is 2.88. The summed E-state index contributed by atoms with van der Waals surface area (Å²) in [5.74, 6) is -0.976. The van der Waals surface area contributed by atoms with Crippen molar-refractivity contribution in [2.24, 2.45) is 5.92 Å². The Hall–Kier alpha value is -2.84. The number of carbonyl (C=O) groups excluding carboxylic acids is 2. The highest BCUT2D eigenvalue weighted by Gasteiger charge is 2.35. The van der Waals surface area contributed by atoms with Crippen LogP contribution in [0.1, 0.15) is 24.5 Å². The molecule has 1 aromatic carbocycles. The molecule has 2 atom stereocenters. The van der Waals surface area contributed by atoms with Crippen LogP contribution in [0, 0.1) is 5.92 Å². The third kappa shape index (κ3) is 4.90.